The van der Waals surface area contributed by atoms with Gasteiger partial charge in [-0.3, -0.25) is 4.79 Å². The summed E-state index contributed by atoms with van der Waals surface area (Å²) >= 11 is 0. The minimum Gasteiger partial charge on any atom is -0.396 e. The maximum Gasteiger partial charge on any atom is 0.217 e. The average molecular weight is 157 g/mol. The normalized spacial score (nSPS) is 36.1. The summed E-state index contributed by atoms with van der Waals surface area (Å²) in [6, 6.07) is 0.296. The van der Waals surface area contributed by atoms with E-state index in [1.807, 2.05) is 6.92 Å². The van der Waals surface area contributed by atoms with Crippen molar-refractivity contribution in [3.05, 3.63) is 0 Å². The first-order chi connectivity index (χ1) is 5.06. The van der Waals surface area contributed by atoms with Crippen LogP contribution in [0.2, 0.25) is 0 Å². The first-order valence-electron chi connectivity index (χ1n) is 3.94. The standard InChI is InChI=1S/C8H15NO2/c1-6(11)9-7-3-8(2,4-7)5-10/h7,10H,3-5H2,1-2H3,(H,9,11). The van der Waals surface area contributed by atoms with E-state index in [2.05, 4.69) is 5.32 Å². The Balaban J connectivity index is 2.23. The molecule has 0 aromatic carbocycles. The van der Waals surface area contributed by atoms with Crippen LogP contribution in [0.4, 0.5) is 0 Å². The van der Waals surface area contributed by atoms with E-state index in [4.69, 9.17) is 5.11 Å². The molecule has 0 bridgehead atoms. The van der Waals surface area contributed by atoms with E-state index >= 15 is 0 Å². The lowest BCUT2D eigenvalue weighted by Gasteiger charge is -2.44. The lowest BCUT2D eigenvalue weighted by Crippen LogP contribution is -2.50. The van der Waals surface area contributed by atoms with E-state index in [-0.39, 0.29) is 17.9 Å². The molecule has 0 aliphatic heterocycles. The van der Waals surface area contributed by atoms with E-state index in [0.717, 1.165) is 12.8 Å². The molecule has 0 spiro atoms. The molecule has 0 heterocycles. The number of aliphatic hydroxyl groups is 1. The monoisotopic (exact) mass is 157 g/mol. The molecule has 11 heavy (non-hydrogen) atoms. The zero-order valence-electron chi connectivity index (χ0n) is 7.05. The van der Waals surface area contributed by atoms with Crippen LogP contribution in [0.25, 0.3) is 0 Å². The van der Waals surface area contributed by atoms with E-state index in [0.29, 0.717) is 6.04 Å². The Morgan fingerprint density at radius 1 is 1.73 bits per heavy atom. The molecular weight excluding hydrogens is 142 g/mol. The summed E-state index contributed by atoms with van der Waals surface area (Å²) in [4.78, 5) is 10.6. The van der Waals surface area contributed by atoms with Crippen molar-refractivity contribution >= 4 is 5.91 Å². The van der Waals surface area contributed by atoms with Crippen LogP contribution in [0.15, 0.2) is 0 Å². The molecule has 1 amide bonds. The highest BCUT2D eigenvalue weighted by Crippen LogP contribution is 2.39. The summed E-state index contributed by atoms with van der Waals surface area (Å²) in [5.74, 6) is 0.0231. The van der Waals surface area contributed by atoms with E-state index in [1.165, 1.54) is 6.92 Å². The predicted molar refractivity (Wildman–Crippen MR) is 42.0 cm³/mol. The van der Waals surface area contributed by atoms with Crippen LogP contribution in [0.1, 0.15) is 26.7 Å². The van der Waals surface area contributed by atoms with E-state index in [1.54, 1.807) is 0 Å². The SMILES string of the molecule is CC(=O)NC1CC(C)(CO)C1. The van der Waals surface area contributed by atoms with Crippen LogP contribution in [0, 0.1) is 5.41 Å². The van der Waals surface area contributed by atoms with E-state index < -0.39 is 0 Å². The molecule has 3 heteroatoms. The number of amides is 1. The molecule has 0 radical (unpaired) electrons. The van der Waals surface area contributed by atoms with Gasteiger partial charge in [0.05, 0.1) is 0 Å². The third kappa shape index (κ3) is 1.93. The zero-order valence-corrected chi connectivity index (χ0v) is 7.05. The Morgan fingerprint density at radius 3 is 2.64 bits per heavy atom. The average Bonchev–Trinajstić information content (AvgIpc) is 1.83. The third-order valence-corrected chi connectivity index (χ3v) is 2.27. The maximum absolute atomic E-state index is 10.6. The number of aliphatic hydroxyl groups excluding tert-OH is 1. The van der Waals surface area contributed by atoms with Crippen molar-refractivity contribution in [1.29, 1.82) is 0 Å². The molecule has 1 fully saturated rings. The second-order valence-corrected chi connectivity index (χ2v) is 3.77. The van der Waals surface area contributed by atoms with Gasteiger partial charge in [-0.15, -0.1) is 0 Å². The van der Waals surface area contributed by atoms with Gasteiger partial charge in [-0.2, -0.15) is 0 Å². The highest BCUT2D eigenvalue weighted by Gasteiger charge is 2.39. The van der Waals surface area contributed by atoms with Crippen molar-refractivity contribution in [2.75, 3.05) is 6.61 Å². The Morgan fingerprint density at radius 2 is 2.27 bits per heavy atom. The fourth-order valence-corrected chi connectivity index (χ4v) is 1.65. The van der Waals surface area contributed by atoms with Gasteiger partial charge >= 0.3 is 0 Å². The largest absolute Gasteiger partial charge is 0.396 e. The molecule has 1 saturated carbocycles. The Bertz CT molecular complexity index is 161. The first kappa shape index (κ1) is 8.53. The molecule has 1 aliphatic rings. The fraction of sp³-hybridized carbons (Fsp3) is 0.875. The highest BCUT2D eigenvalue weighted by atomic mass is 16.3. The van der Waals surface area contributed by atoms with Gasteiger partial charge in [0.2, 0.25) is 5.91 Å². The summed E-state index contributed by atoms with van der Waals surface area (Å²) in [7, 11) is 0. The quantitative estimate of drug-likeness (QED) is 0.605. The number of nitrogens with one attached hydrogen (secondary N) is 1. The van der Waals surface area contributed by atoms with Crippen LogP contribution in [0.5, 0.6) is 0 Å². The molecule has 0 saturated heterocycles. The Kier molecular flexibility index (Phi) is 2.18. The smallest absolute Gasteiger partial charge is 0.217 e. The summed E-state index contributed by atoms with van der Waals surface area (Å²) in [6.45, 7) is 3.78. The van der Waals surface area contributed by atoms with Crippen molar-refractivity contribution < 1.29 is 9.90 Å². The molecule has 0 aromatic heterocycles. The van der Waals surface area contributed by atoms with Crippen LogP contribution in [0.3, 0.4) is 0 Å². The molecule has 64 valence electrons. The second-order valence-electron chi connectivity index (χ2n) is 3.77. The third-order valence-electron chi connectivity index (χ3n) is 2.27. The summed E-state index contributed by atoms with van der Waals surface area (Å²) in [5.41, 5.74) is 0.0626. The van der Waals surface area contributed by atoms with E-state index in [9.17, 15) is 4.79 Å². The van der Waals surface area contributed by atoms with Gasteiger partial charge in [-0.05, 0) is 18.3 Å². The van der Waals surface area contributed by atoms with Crippen molar-refractivity contribution in [2.45, 2.75) is 32.7 Å². The Labute approximate surface area is 66.8 Å². The number of carbonyl (C=O) groups excluding carboxylic acids is 1. The number of hydrogen-bond donors (Lipinski definition) is 2. The maximum atomic E-state index is 10.6. The zero-order chi connectivity index (χ0) is 8.48. The second kappa shape index (κ2) is 2.81. The number of carbonyl (C=O) groups is 1. The van der Waals surface area contributed by atoms with Gasteiger partial charge in [0.25, 0.3) is 0 Å². The minimum absolute atomic E-state index is 0.0231. The van der Waals surface area contributed by atoms with Gasteiger partial charge in [-0.1, -0.05) is 6.92 Å². The number of hydrogen-bond acceptors (Lipinski definition) is 2. The molecule has 0 aromatic rings. The first-order valence-corrected chi connectivity index (χ1v) is 3.94. The molecule has 2 N–H and O–H groups in total. The summed E-state index contributed by atoms with van der Waals surface area (Å²) in [5, 5.41) is 11.7. The minimum atomic E-state index is 0.0231. The number of rotatable bonds is 2. The van der Waals surface area contributed by atoms with Crippen LogP contribution in [-0.2, 0) is 4.79 Å². The molecule has 1 rings (SSSR count). The van der Waals surface area contributed by atoms with Crippen molar-refractivity contribution in [1.82, 2.24) is 5.32 Å². The molecule has 0 unspecified atom stereocenters. The lowest BCUT2D eigenvalue weighted by atomic mass is 9.67. The van der Waals surface area contributed by atoms with Crippen LogP contribution in [-0.4, -0.2) is 23.7 Å². The van der Waals surface area contributed by atoms with Gasteiger partial charge in [0.1, 0.15) is 0 Å². The Hall–Kier alpha value is -0.570. The molecule has 0 atom stereocenters. The van der Waals surface area contributed by atoms with Crippen LogP contribution < -0.4 is 5.32 Å². The predicted octanol–water partition coefficient (Wildman–Crippen LogP) is 0.283. The summed E-state index contributed by atoms with van der Waals surface area (Å²) < 4.78 is 0. The lowest BCUT2D eigenvalue weighted by molar-refractivity contribution is -0.121. The fourth-order valence-electron chi connectivity index (χ4n) is 1.65. The van der Waals surface area contributed by atoms with Gasteiger partial charge < -0.3 is 10.4 Å². The van der Waals surface area contributed by atoms with Gasteiger partial charge in [0, 0.05) is 19.6 Å². The molecule has 1 aliphatic carbocycles. The summed E-state index contributed by atoms with van der Waals surface area (Å²) in [6.07, 6.45) is 1.81. The molecule has 3 nitrogen and oxygen atoms in total. The van der Waals surface area contributed by atoms with Crippen molar-refractivity contribution in [3.8, 4) is 0 Å². The van der Waals surface area contributed by atoms with Crippen molar-refractivity contribution in [3.63, 3.8) is 0 Å². The van der Waals surface area contributed by atoms with Crippen LogP contribution >= 0.6 is 0 Å². The molecular formula is C8H15NO2. The topological polar surface area (TPSA) is 49.3 Å². The van der Waals surface area contributed by atoms with Gasteiger partial charge in [-0.25, -0.2) is 0 Å². The van der Waals surface area contributed by atoms with Crippen molar-refractivity contribution in [2.24, 2.45) is 5.41 Å². The van der Waals surface area contributed by atoms with Gasteiger partial charge in [0.15, 0.2) is 0 Å². The highest BCUT2D eigenvalue weighted by molar-refractivity contribution is 5.73.